The van der Waals surface area contributed by atoms with Crippen molar-refractivity contribution >= 4 is 38.9 Å². The summed E-state index contributed by atoms with van der Waals surface area (Å²) >= 11 is 0. The van der Waals surface area contributed by atoms with Crippen molar-refractivity contribution in [3.8, 4) is 11.5 Å². The highest BCUT2D eigenvalue weighted by Crippen LogP contribution is 2.31. The van der Waals surface area contributed by atoms with E-state index in [1.165, 1.54) is 63.7 Å². The van der Waals surface area contributed by atoms with Gasteiger partial charge in [-0.1, -0.05) is 0 Å². The van der Waals surface area contributed by atoms with Gasteiger partial charge in [0.1, 0.15) is 11.5 Å². The summed E-state index contributed by atoms with van der Waals surface area (Å²) in [5, 5.41) is 5.24. The van der Waals surface area contributed by atoms with Gasteiger partial charge in [0, 0.05) is 25.4 Å². The van der Waals surface area contributed by atoms with Gasteiger partial charge >= 0.3 is 0 Å². The topological polar surface area (TPSA) is 136 Å². The van der Waals surface area contributed by atoms with E-state index < -0.39 is 15.9 Å². The molecule has 0 aliphatic carbocycles. The molecule has 3 aromatic rings. The molecule has 0 unspecified atom stereocenters. The molecule has 0 atom stereocenters. The summed E-state index contributed by atoms with van der Waals surface area (Å²) in [6.07, 6.45) is 2.98. The van der Waals surface area contributed by atoms with E-state index in [4.69, 9.17) is 9.47 Å². The first-order valence-corrected chi connectivity index (χ1v) is 11.1. The van der Waals surface area contributed by atoms with Crippen LogP contribution in [0.3, 0.4) is 0 Å². The monoisotopic (exact) mass is 470 g/mol. The van der Waals surface area contributed by atoms with Crippen LogP contribution in [0.15, 0.2) is 65.8 Å². The molecular formula is C22H22N4O6S. The molecule has 0 spiro atoms. The number of benzene rings is 2. The number of rotatable bonds is 8. The average molecular weight is 471 g/mol. The summed E-state index contributed by atoms with van der Waals surface area (Å²) in [4.78, 5) is 27.6. The zero-order valence-electron chi connectivity index (χ0n) is 18.1. The standard InChI is InChI=1S/C22H22N4O6S/c1-14(27)24-19-12-17(7-9-20(19)31-2)33(29,30)26-16-6-8-18(21(11-16)32-3)25-22(28)15-5-4-10-23-13-15/h4-13,26H,1-3H3,(H,24,27)(H,25,28). The number of pyridine rings is 1. The molecule has 0 saturated heterocycles. The molecule has 0 radical (unpaired) electrons. The fraction of sp³-hybridized carbons (Fsp3) is 0.136. The fourth-order valence-corrected chi connectivity index (χ4v) is 3.98. The molecule has 3 N–H and O–H groups in total. The van der Waals surface area contributed by atoms with Crippen molar-refractivity contribution in [1.29, 1.82) is 0 Å². The highest BCUT2D eigenvalue weighted by molar-refractivity contribution is 7.92. The van der Waals surface area contributed by atoms with E-state index in [2.05, 4.69) is 20.3 Å². The highest BCUT2D eigenvalue weighted by atomic mass is 32.2. The number of amides is 2. The van der Waals surface area contributed by atoms with Gasteiger partial charge in [0.25, 0.3) is 15.9 Å². The number of sulfonamides is 1. The zero-order valence-corrected chi connectivity index (χ0v) is 18.9. The van der Waals surface area contributed by atoms with Gasteiger partial charge in [-0.25, -0.2) is 8.42 Å². The summed E-state index contributed by atoms with van der Waals surface area (Å²) in [5.74, 6) is -0.191. The molecule has 11 heteroatoms. The maximum Gasteiger partial charge on any atom is 0.261 e. The summed E-state index contributed by atoms with van der Waals surface area (Å²) < 4.78 is 38.7. The molecule has 172 valence electrons. The largest absolute Gasteiger partial charge is 0.495 e. The van der Waals surface area contributed by atoms with E-state index in [9.17, 15) is 18.0 Å². The SMILES string of the molecule is COc1ccc(S(=O)(=O)Nc2ccc(NC(=O)c3cccnc3)c(OC)c2)cc1NC(C)=O. The molecule has 2 amide bonds. The summed E-state index contributed by atoms with van der Waals surface area (Å²) in [6.45, 7) is 1.31. The van der Waals surface area contributed by atoms with Gasteiger partial charge < -0.3 is 20.1 Å². The van der Waals surface area contributed by atoms with Crippen molar-refractivity contribution in [3.05, 3.63) is 66.5 Å². The van der Waals surface area contributed by atoms with Gasteiger partial charge in [-0.3, -0.25) is 19.3 Å². The molecule has 1 aromatic heterocycles. The van der Waals surface area contributed by atoms with Crippen LogP contribution in [0.2, 0.25) is 0 Å². The minimum atomic E-state index is -4.01. The number of nitrogens with zero attached hydrogens (tertiary/aromatic N) is 1. The van der Waals surface area contributed by atoms with Crippen LogP contribution in [0.4, 0.5) is 17.1 Å². The van der Waals surface area contributed by atoms with Crippen LogP contribution in [0.1, 0.15) is 17.3 Å². The molecule has 2 aromatic carbocycles. The Hall–Kier alpha value is -4.12. The molecular weight excluding hydrogens is 448 g/mol. The third-order valence-corrected chi connectivity index (χ3v) is 5.80. The predicted octanol–water partition coefficient (Wildman–Crippen LogP) is 3.11. The Morgan fingerprint density at radius 3 is 2.30 bits per heavy atom. The van der Waals surface area contributed by atoms with Crippen molar-refractivity contribution < 1.29 is 27.5 Å². The fourth-order valence-electron chi connectivity index (χ4n) is 2.91. The Balaban J connectivity index is 1.84. The van der Waals surface area contributed by atoms with Crippen molar-refractivity contribution in [2.45, 2.75) is 11.8 Å². The number of aromatic nitrogens is 1. The van der Waals surface area contributed by atoms with Crippen LogP contribution in [0.25, 0.3) is 0 Å². The van der Waals surface area contributed by atoms with Crippen molar-refractivity contribution in [1.82, 2.24) is 4.98 Å². The number of hydrogen-bond acceptors (Lipinski definition) is 7. The van der Waals surface area contributed by atoms with E-state index >= 15 is 0 Å². The Labute approximate surface area is 191 Å². The van der Waals surface area contributed by atoms with Crippen LogP contribution in [0, 0.1) is 0 Å². The smallest absolute Gasteiger partial charge is 0.261 e. The minimum absolute atomic E-state index is 0.0834. The third-order valence-electron chi connectivity index (χ3n) is 4.42. The van der Waals surface area contributed by atoms with Gasteiger partial charge in [-0.2, -0.15) is 0 Å². The molecule has 0 aliphatic rings. The van der Waals surface area contributed by atoms with E-state index in [1.807, 2.05) is 0 Å². The molecule has 1 heterocycles. The van der Waals surface area contributed by atoms with E-state index in [0.29, 0.717) is 17.0 Å². The first-order valence-electron chi connectivity index (χ1n) is 9.61. The number of ether oxygens (including phenoxy) is 2. The van der Waals surface area contributed by atoms with Gasteiger partial charge in [0.15, 0.2) is 0 Å². The number of nitrogens with one attached hydrogen (secondary N) is 3. The number of methoxy groups -OCH3 is 2. The number of anilines is 3. The molecule has 10 nitrogen and oxygen atoms in total. The van der Waals surface area contributed by atoms with Gasteiger partial charge in [0.05, 0.1) is 41.7 Å². The molecule has 0 fully saturated rings. The quantitative estimate of drug-likeness (QED) is 0.460. The Bertz CT molecular complexity index is 1280. The number of hydrogen-bond donors (Lipinski definition) is 3. The van der Waals surface area contributed by atoms with E-state index in [1.54, 1.807) is 18.3 Å². The van der Waals surface area contributed by atoms with Crippen LogP contribution in [0.5, 0.6) is 11.5 Å². The molecule has 33 heavy (non-hydrogen) atoms. The molecule has 3 rings (SSSR count). The lowest BCUT2D eigenvalue weighted by atomic mass is 10.2. The normalized spacial score (nSPS) is 10.8. The molecule has 0 aliphatic heterocycles. The Morgan fingerprint density at radius 2 is 1.67 bits per heavy atom. The second-order valence-corrected chi connectivity index (χ2v) is 8.44. The van der Waals surface area contributed by atoms with Crippen LogP contribution in [-0.4, -0.2) is 39.4 Å². The lowest BCUT2D eigenvalue weighted by Gasteiger charge is -2.15. The second-order valence-electron chi connectivity index (χ2n) is 6.76. The number of carbonyl (C=O) groups excluding carboxylic acids is 2. The lowest BCUT2D eigenvalue weighted by molar-refractivity contribution is -0.114. The highest BCUT2D eigenvalue weighted by Gasteiger charge is 2.19. The van der Waals surface area contributed by atoms with Crippen molar-refractivity contribution in [3.63, 3.8) is 0 Å². The minimum Gasteiger partial charge on any atom is -0.495 e. The lowest BCUT2D eigenvalue weighted by Crippen LogP contribution is -2.15. The van der Waals surface area contributed by atoms with Gasteiger partial charge in [0.2, 0.25) is 5.91 Å². The van der Waals surface area contributed by atoms with Crippen molar-refractivity contribution in [2.75, 3.05) is 29.6 Å². The summed E-state index contributed by atoms with van der Waals surface area (Å²) in [6, 6.07) is 11.8. The average Bonchev–Trinajstić information content (AvgIpc) is 2.80. The van der Waals surface area contributed by atoms with Crippen LogP contribution >= 0.6 is 0 Å². The number of carbonyl (C=O) groups is 2. The maximum absolute atomic E-state index is 12.9. The Kier molecular flexibility index (Phi) is 7.13. The summed E-state index contributed by atoms with van der Waals surface area (Å²) in [5.41, 5.74) is 1.15. The van der Waals surface area contributed by atoms with Gasteiger partial charge in [-0.15, -0.1) is 0 Å². The molecule has 0 bridgehead atoms. The van der Waals surface area contributed by atoms with Crippen LogP contribution in [-0.2, 0) is 14.8 Å². The predicted molar refractivity (Wildman–Crippen MR) is 123 cm³/mol. The first kappa shape index (κ1) is 23.5. The van der Waals surface area contributed by atoms with Gasteiger partial charge in [-0.05, 0) is 42.5 Å². The van der Waals surface area contributed by atoms with E-state index in [-0.39, 0.29) is 27.9 Å². The zero-order chi connectivity index (χ0) is 24.0. The van der Waals surface area contributed by atoms with Crippen molar-refractivity contribution in [2.24, 2.45) is 0 Å². The second kappa shape index (κ2) is 10.0. The first-order chi connectivity index (χ1) is 15.7. The maximum atomic E-state index is 12.9. The van der Waals surface area contributed by atoms with Crippen LogP contribution < -0.4 is 24.8 Å². The Morgan fingerprint density at radius 1 is 0.909 bits per heavy atom. The third kappa shape index (κ3) is 5.77. The van der Waals surface area contributed by atoms with E-state index in [0.717, 1.165) is 0 Å². The summed E-state index contributed by atoms with van der Waals surface area (Å²) in [7, 11) is -1.20. The molecule has 0 saturated carbocycles.